The summed E-state index contributed by atoms with van der Waals surface area (Å²) in [7, 11) is 0. The Hall–Kier alpha value is -1.59. The molecule has 0 bridgehead atoms. The van der Waals surface area contributed by atoms with Gasteiger partial charge in [-0.05, 0) is 31.0 Å². The first-order chi connectivity index (χ1) is 8.63. The zero-order chi connectivity index (χ0) is 13.1. The molecule has 4 N–H and O–H groups in total. The number of hydrogen-bond donors (Lipinski definition) is 4. The lowest BCUT2D eigenvalue weighted by Crippen LogP contribution is -2.33. The molecule has 98 valence electrons. The van der Waals surface area contributed by atoms with Crippen molar-refractivity contribution in [3.05, 3.63) is 34.2 Å². The van der Waals surface area contributed by atoms with E-state index in [1.165, 1.54) is 0 Å². The Morgan fingerprint density at radius 3 is 2.72 bits per heavy atom. The molecule has 0 radical (unpaired) electrons. The molecule has 0 saturated carbocycles. The Morgan fingerprint density at radius 2 is 2.06 bits per heavy atom. The predicted octanol–water partition coefficient (Wildman–Crippen LogP) is 1.28. The molecule has 0 amide bonds. The largest absolute Gasteiger partial charge is 0.395 e. The molecule has 1 aromatic carbocycles. The quantitative estimate of drug-likeness (QED) is 0.644. The molecule has 2 rings (SSSR count). The number of aromatic amines is 2. The first-order valence-electron chi connectivity index (χ1n) is 6.23. The van der Waals surface area contributed by atoms with E-state index in [9.17, 15) is 9.90 Å². The minimum atomic E-state index is -0.190. The standard InChI is InChI=1S/C13H19N3O2/c1-3-10(7-17)14-8(2)9-4-5-11-12(6-9)16-13(18)15-11/h4-6,8,10,14,17H,3,7H2,1-2H3,(H2,15,16,18)/t8?,10-/m1/s1. The van der Waals surface area contributed by atoms with Gasteiger partial charge in [0.15, 0.2) is 0 Å². The summed E-state index contributed by atoms with van der Waals surface area (Å²) in [6, 6.07) is 6.05. The third-order valence-electron chi connectivity index (χ3n) is 3.24. The minimum absolute atomic E-state index is 0.0981. The van der Waals surface area contributed by atoms with Crippen LogP contribution in [0.3, 0.4) is 0 Å². The van der Waals surface area contributed by atoms with Crippen LogP contribution in [0, 0.1) is 0 Å². The van der Waals surface area contributed by atoms with E-state index < -0.39 is 0 Å². The summed E-state index contributed by atoms with van der Waals surface area (Å²) < 4.78 is 0. The van der Waals surface area contributed by atoms with Crippen molar-refractivity contribution in [2.24, 2.45) is 0 Å². The van der Waals surface area contributed by atoms with Gasteiger partial charge in [-0.2, -0.15) is 0 Å². The maximum Gasteiger partial charge on any atom is 0.323 e. The smallest absolute Gasteiger partial charge is 0.323 e. The summed E-state index contributed by atoms with van der Waals surface area (Å²) in [4.78, 5) is 16.6. The van der Waals surface area contributed by atoms with Crippen molar-refractivity contribution in [1.82, 2.24) is 15.3 Å². The van der Waals surface area contributed by atoms with Crippen LogP contribution in [0.5, 0.6) is 0 Å². The van der Waals surface area contributed by atoms with Gasteiger partial charge in [-0.1, -0.05) is 13.0 Å². The number of rotatable bonds is 5. The molecular formula is C13H19N3O2. The SMILES string of the molecule is CC[C@H](CO)NC(C)c1ccc2[nH]c(=O)[nH]c2c1. The second-order valence-corrected chi connectivity index (χ2v) is 4.56. The Morgan fingerprint density at radius 1 is 1.33 bits per heavy atom. The Kier molecular flexibility index (Phi) is 3.84. The monoisotopic (exact) mass is 249 g/mol. The molecule has 5 heteroatoms. The molecule has 2 atom stereocenters. The number of aliphatic hydroxyl groups is 1. The van der Waals surface area contributed by atoms with Crippen LogP contribution in [0.25, 0.3) is 11.0 Å². The summed E-state index contributed by atoms with van der Waals surface area (Å²) >= 11 is 0. The summed E-state index contributed by atoms with van der Waals surface area (Å²) in [5, 5.41) is 12.5. The number of fused-ring (bicyclic) bond motifs is 1. The maximum absolute atomic E-state index is 11.2. The highest BCUT2D eigenvalue weighted by molar-refractivity contribution is 5.75. The highest BCUT2D eigenvalue weighted by atomic mass is 16.3. The summed E-state index contributed by atoms with van der Waals surface area (Å²) in [5.41, 5.74) is 2.52. The van der Waals surface area contributed by atoms with Gasteiger partial charge in [0.2, 0.25) is 0 Å². The van der Waals surface area contributed by atoms with Crippen LogP contribution >= 0.6 is 0 Å². The van der Waals surface area contributed by atoms with Gasteiger partial charge in [0.25, 0.3) is 0 Å². The average Bonchev–Trinajstić information content (AvgIpc) is 2.74. The molecule has 2 aromatic rings. The molecule has 0 aliphatic carbocycles. The van der Waals surface area contributed by atoms with E-state index in [0.717, 1.165) is 23.0 Å². The van der Waals surface area contributed by atoms with Crippen molar-refractivity contribution in [2.45, 2.75) is 32.4 Å². The molecule has 0 saturated heterocycles. The van der Waals surface area contributed by atoms with Gasteiger partial charge in [-0.25, -0.2) is 4.79 Å². The fraction of sp³-hybridized carbons (Fsp3) is 0.462. The van der Waals surface area contributed by atoms with Crippen LogP contribution in [-0.4, -0.2) is 27.7 Å². The molecular weight excluding hydrogens is 230 g/mol. The Balaban J connectivity index is 2.21. The van der Waals surface area contributed by atoms with Crippen molar-refractivity contribution in [2.75, 3.05) is 6.61 Å². The molecule has 0 aliphatic rings. The Bertz CT molecular complexity index is 569. The van der Waals surface area contributed by atoms with Crippen LogP contribution in [0.15, 0.2) is 23.0 Å². The molecule has 0 fully saturated rings. The second-order valence-electron chi connectivity index (χ2n) is 4.56. The number of benzene rings is 1. The van der Waals surface area contributed by atoms with E-state index in [-0.39, 0.29) is 24.4 Å². The Labute approximate surface area is 105 Å². The number of imidazole rings is 1. The lowest BCUT2D eigenvalue weighted by Gasteiger charge is -2.20. The van der Waals surface area contributed by atoms with Crippen molar-refractivity contribution < 1.29 is 5.11 Å². The molecule has 18 heavy (non-hydrogen) atoms. The first kappa shape index (κ1) is 12.9. The third kappa shape index (κ3) is 2.63. The molecule has 1 unspecified atom stereocenters. The van der Waals surface area contributed by atoms with Crippen LogP contribution < -0.4 is 11.0 Å². The molecule has 0 aliphatic heterocycles. The summed E-state index contributed by atoms with van der Waals surface area (Å²) in [5.74, 6) is 0. The highest BCUT2D eigenvalue weighted by Gasteiger charge is 2.11. The normalized spacial score (nSPS) is 14.8. The molecule has 1 aromatic heterocycles. The number of nitrogens with one attached hydrogen (secondary N) is 3. The van der Waals surface area contributed by atoms with E-state index in [4.69, 9.17) is 0 Å². The van der Waals surface area contributed by atoms with E-state index >= 15 is 0 Å². The molecule has 0 spiro atoms. The average molecular weight is 249 g/mol. The first-order valence-corrected chi connectivity index (χ1v) is 6.23. The summed E-state index contributed by atoms with van der Waals surface area (Å²) in [6.45, 7) is 4.21. The predicted molar refractivity (Wildman–Crippen MR) is 71.6 cm³/mol. The van der Waals surface area contributed by atoms with E-state index in [1.54, 1.807) is 0 Å². The third-order valence-corrected chi connectivity index (χ3v) is 3.24. The minimum Gasteiger partial charge on any atom is -0.395 e. The van der Waals surface area contributed by atoms with Gasteiger partial charge in [0.1, 0.15) is 0 Å². The van der Waals surface area contributed by atoms with Gasteiger partial charge < -0.3 is 20.4 Å². The van der Waals surface area contributed by atoms with Gasteiger partial charge in [-0.15, -0.1) is 0 Å². The topological polar surface area (TPSA) is 80.9 Å². The van der Waals surface area contributed by atoms with Gasteiger partial charge in [0.05, 0.1) is 17.6 Å². The number of H-pyrrole nitrogens is 2. The lowest BCUT2D eigenvalue weighted by molar-refractivity contribution is 0.230. The lowest BCUT2D eigenvalue weighted by atomic mass is 10.1. The van der Waals surface area contributed by atoms with Crippen LogP contribution in [-0.2, 0) is 0 Å². The van der Waals surface area contributed by atoms with Crippen molar-refractivity contribution in [3.8, 4) is 0 Å². The fourth-order valence-electron chi connectivity index (χ4n) is 2.07. The van der Waals surface area contributed by atoms with Crippen molar-refractivity contribution >= 4 is 11.0 Å². The molecule has 5 nitrogen and oxygen atoms in total. The van der Waals surface area contributed by atoms with Crippen molar-refractivity contribution in [3.63, 3.8) is 0 Å². The van der Waals surface area contributed by atoms with E-state index in [1.807, 2.05) is 32.0 Å². The number of hydrogen-bond acceptors (Lipinski definition) is 3. The van der Waals surface area contributed by atoms with Crippen LogP contribution in [0.4, 0.5) is 0 Å². The van der Waals surface area contributed by atoms with Crippen LogP contribution in [0.1, 0.15) is 31.9 Å². The number of aliphatic hydroxyl groups excluding tert-OH is 1. The second kappa shape index (κ2) is 5.37. The maximum atomic E-state index is 11.2. The zero-order valence-corrected chi connectivity index (χ0v) is 10.7. The highest BCUT2D eigenvalue weighted by Crippen LogP contribution is 2.17. The van der Waals surface area contributed by atoms with Crippen LogP contribution in [0.2, 0.25) is 0 Å². The number of aromatic nitrogens is 2. The van der Waals surface area contributed by atoms with Gasteiger partial charge >= 0.3 is 5.69 Å². The van der Waals surface area contributed by atoms with Gasteiger partial charge in [0, 0.05) is 12.1 Å². The van der Waals surface area contributed by atoms with Crippen molar-refractivity contribution in [1.29, 1.82) is 0 Å². The van der Waals surface area contributed by atoms with E-state index in [2.05, 4.69) is 15.3 Å². The van der Waals surface area contributed by atoms with E-state index in [0.29, 0.717) is 0 Å². The van der Waals surface area contributed by atoms with Gasteiger partial charge in [-0.3, -0.25) is 0 Å². The molecule has 1 heterocycles. The summed E-state index contributed by atoms with van der Waals surface area (Å²) in [6.07, 6.45) is 0.879. The zero-order valence-electron chi connectivity index (χ0n) is 10.7. The fourth-order valence-corrected chi connectivity index (χ4v) is 2.07.